The van der Waals surface area contributed by atoms with Gasteiger partial charge in [0.15, 0.2) is 0 Å². The molecule has 3 amide bonds. The lowest BCUT2D eigenvalue weighted by Gasteiger charge is -2.22. The Labute approximate surface area is 241 Å². The molecule has 0 radical (unpaired) electrons. The summed E-state index contributed by atoms with van der Waals surface area (Å²) < 4.78 is 21.0. The standard InChI is InChI=1S/C27H47N5O9/c1-20(2)24(28)26(34)32-23(5-4-10-29-3)25(33)31-22-8-6-21(7-9-22)19-40-27(35)30-11-12-37-13-14-38-15-16-39-17-18-41-36/h6-9,20,23-24,29,36H,4-5,10-19,28H2,1-3H3,(H,30,35)(H,31,33)(H,32,34)/t23-,24-/m0/s1. The van der Waals surface area contributed by atoms with Crippen molar-refractivity contribution in [2.45, 2.75) is 45.4 Å². The lowest BCUT2D eigenvalue weighted by Crippen LogP contribution is -2.51. The van der Waals surface area contributed by atoms with Crippen LogP contribution in [-0.4, -0.2) is 102 Å². The molecule has 0 spiro atoms. The second-order valence-electron chi connectivity index (χ2n) is 9.44. The number of anilines is 1. The Hall–Kier alpha value is -2.85. The molecule has 2 atom stereocenters. The number of alkyl carbamates (subject to hydrolysis) is 1. The summed E-state index contributed by atoms with van der Waals surface area (Å²) in [5.41, 5.74) is 7.23. The predicted octanol–water partition coefficient (Wildman–Crippen LogP) is 0.858. The number of carbonyl (C=O) groups excluding carboxylic acids is 3. The number of hydrogen-bond acceptors (Lipinski definition) is 11. The fraction of sp³-hybridized carbons (Fsp3) is 0.667. The zero-order valence-electron chi connectivity index (χ0n) is 24.3. The highest BCUT2D eigenvalue weighted by Crippen LogP contribution is 2.12. The second-order valence-corrected chi connectivity index (χ2v) is 9.44. The second kappa shape index (κ2) is 22.8. The van der Waals surface area contributed by atoms with E-state index in [1.165, 1.54) is 0 Å². The molecule has 0 saturated carbocycles. The van der Waals surface area contributed by atoms with Crippen molar-refractivity contribution in [3.05, 3.63) is 29.8 Å². The molecule has 0 heterocycles. The number of nitrogens with one attached hydrogen (secondary N) is 4. The first kappa shape index (κ1) is 36.2. The Morgan fingerprint density at radius 1 is 0.878 bits per heavy atom. The molecular weight excluding hydrogens is 538 g/mol. The van der Waals surface area contributed by atoms with Gasteiger partial charge in [0.2, 0.25) is 11.8 Å². The third-order valence-corrected chi connectivity index (χ3v) is 5.74. The first-order valence-electron chi connectivity index (χ1n) is 13.8. The number of amides is 3. The van der Waals surface area contributed by atoms with Crippen LogP contribution in [0.4, 0.5) is 10.5 Å². The van der Waals surface area contributed by atoms with E-state index in [4.69, 9.17) is 29.9 Å². The van der Waals surface area contributed by atoms with Crippen molar-refractivity contribution in [3.63, 3.8) is 0 Å². The quantitative estimate of drug-likeness (QED) is 0.0606. The number of rotatable bonds is 23. The minimum atomic E-state index is -0.720. The monoisotopic (exact) mass is 585 g/mol. The Kier molecular flexibility index (Phi) is 20.1. The summed E-state index contributed by atoms with van der Waals surface area (Å²) >= 11 is 0. The summed E-state index contributed by atoms with van der Waals surface area (Å²) in [5.74, 6) is -0.745. The molecular formula is C27H47N5O9. The molecule has 0 fully saturated rings. The first-order chi connectivity index (χ1) is 19.8. The van der Waals surface area contributed by atoms with Crippen LogP contribution in [0.3, 0.4) is 0 Å². The molecule has 1 aromatic rings. The molecule has 7 N–H and O–H groups in total. The average molecular weight is 586 g/mol. The van der Waals surface area contributed by atoms with Gasteiger partial charge < -0.3 is 45.9 Å². The van der Waals surface area contributed by atoms with Crippen molar-refractivity contribution in [2.75, 3.05) is 71.7 Å². The molecule has 0 aliphatic carbocycles. The number of hydrogen-bond donors (Lipinski definition) is 6. The third-order valence-electron chi connectivity index (χ3n) is 5.74. The maximum Gasteiger partial charge on any atom is 0.407 e. The fourth-order valence-electron chi connectivity index (χ4n) is 3.30. The van der Waals surface area contributed by atoms with Crippen molar-refractivity contribution >= 4 is 23.6 Å². The predicted molar refractivity (Wildman–Crippen MR) is 152 cm³/mol. The molecule has 0 bridgehead atoms. The molecule has 0 aliphatic rings. The number of ether oxygens (including phenoxy) is 4. The molecule has 234 valence electrons. The molecule has 0 unspecified atom stereocenters. The van der Waals surface area contributed by atoms with Gasteiger partial charge in [-0.3, -0.25) is 14.8 Å². The topological polar surface area (TPSA) is 192 Å². The van der Waals surface area contributed by atoms with E-state index >= 15 is 0 Å². The van der Waals surface area contributed by atoms with Gasteiger partial charge in [-0.2, -0.15) is 0 Å². The summed E-state index contributed by atoms with van der Waals surface area (Å²) in [6.45, 7) is 6.99. The number of benzene rings is 1. The maximum absolute atomic E-state index is 12.9. The van der Waals surface area contributed by atoms with Gasteiger partial charge in [0.25, 0.3) is 0 Å². The van der Waals surface area contributed by atoms with Gasteiger partial charge in [-0.05, 0) is 50.0 Å². The van der Waals surface area contributed by atoms with E-state index < -0.39 is 18.2 Å². The van der Waals surface area contributed by atoms with E-state index in [9.17, 15) is 14.4 Å². The van der Waals surface area contributed by atoms with E-state index in [0.717, 1.165) is 5.56 Å². The van der Waals surface area contributed by atoms with Crippen LogP contribution in [0.2, 0.25) is 0 Å². The van der Waals surface area contributed by atoms with Crippen LogP contribution in [0.25, 0.3) is 0 Å². The van der Waals surface area contributed by atoms with Crippen molar-refractivity contribution in [1.82, 2.24) is 16.0 Å². The highest BCUT2D eigenvalue weighted by molar-refractivity contribution is 5.97. The molecule has 14 heteroatoms. The SMILES string of the molecule is CNCCC[C@H](NC(=O)[C@@H](N)C(C)C)C(=O)Nc1ccc(COC(=O)NCCOCCOCCOCCOO)cc1. The van der Waals surface area contributed by atoms with Gasteiger partial charge in [0.1, 0.15) is 19.3 Å². The van der Waals surface area contributed by atoms with Crippen molar-refractivity contribution in [1.29, 1.82) is 0 Å². The molecule has 14 nitrogen and oxygen atoms in total. The van der Waals surface area contributed by atoms with Crippen LogP contribution < -0.4 is 27.0 Å². The minimum absolute atomic E-state index is 0.0522. The zero-order valence-corrected chi connectivity index (χ0v) is 24.3. The van der Waals surface area contributed by atoms with E-state index in [2.05, 4.69) is 26.2 Å². The van der Waals surface area contributed by atoms with Crippen LogP contribution in [0.5, 0.6) is 0 Å². The average Bonchev–Trinajstić information content (AvgIpc) is 2.96. The Bertz CT molecular complexity index is 858. The smallest absolute Gasteiger partial charge is 0.407 e. The molecule has 0 aromatic heterocycles. The Morgan fingerprint density at radius 3 is 2.07 bits per heavy atom. The fourth-order valence-corrected chi connectivity index (χ4v) is 3.30. The summed E-state index contributed by atoms with van der Waals surface area (Å²) in [6.07, 6.45) is 0.581. The Balaban J connectivity index is 2.31. The van der Waals surface area contributed by atoms with Gasteiger partial charge in [0, 0.05) is 12.2 Å². The third kappa shape index (κ3) is 17.5. The van der Waals surface area contributed by atoms with Crippen molar-refractivity contribution < 1.29 is 43.5 Å². The van der Waals surface area contributed by atoms with E-state index in [1.54, 1.807) is 24.3 Å². The van der Waals surface area contributed by atoms with E-state index in [-0.39, 0.29) is 44.1 Å². The van der Waals surface area contributed by atoms with Gasteiger partial charge in [-0.25, -0.2) is 9.68 Å². The molecule has 0 saturated heterocycles. The van der Waals surface area contributed by atoms with Crippen LogP contribution >= 0.6 is 0 Å². The van der Waals surface area contributed by atoms with Gasteiger partial charge >= 0.3 is 6.09 Å². The summed E-state index contributed by atoms with van der Waals surface area (Å²) in [6, 6.07) is 5.46. The molecule has 41 heavy (non-hydrogen) atoms. The summed E-state index contributed by atoms with van der Waals surface area (Å²) in [5, 5.41) is 19.4. The van der Waals surface area contributed by atoms with E-state index in [0.29, 0.717) is 58.1 Å². The van der Waals surface area contributed by atoms with Gasteiger partial charge in [-0.15, -0.1) is 0 Å². The van der Waals surface area contributed by atoms with Crippen LogP contribution in [0, 0.1) is 5.92 Å². The van der Waals surface area contributed by atoms with Crippen LogP contribution in [0.15, 0.2) is 24.3 Å². The van der Waals surface area contributed by atoms with Crippen molar-refractivity contribution in [2.24, 2.45) is 11.7 Å². The van der Waals surface area contributed by atoms with Crippen molar-refractivity contribution in [3.8, 4) is 0 Å². The molecule has 1 rings (SSSR count). The summed E-state index contributed by atoms with van der Waals surface area (Å²) in [4.78, 5) is 41.1. The number of carbonyl (C=O) groups is 3. The first-order valence-corrected chi connectivity index (χ1v) is 13.8. The molecule has 0 aliphatic heterocycles. The largest absolute Gasteiger partial charge is 0.445 e. The highest BCUT2D eigenvalue weighted by atomic mass is 17.1. The molecule has 1 aromatic carbocycles. The summed E-state index contributed by atoms with van der Waals surface area (Å²) in [7, 11) is 1.82. The van der Waals surface area contributed by atoms with E-state index in [1.807, 2.05) is 20.9 Å². The lowest BCUT2D eigenvalue weighted by molar-refractivity contribution is -0.249. The van der Waals surface area contributed by atoms with Crippen LogP contribution in [0.1, 0.15) is 32.3 Å². The zero-order chi connectivity index (χ0) is 30.3. The van der Waals surface area contributed by atoms with Gasteiger partial charge in [0.05, 0.1) is 45.7 Å². The normalized spacial score (nSPS) is 12.5. The highest BCUT2D eigenvalue weighted by Gasteiger charge is 2.25. The van der Waals surface area contributed by atoms with Gasteiger partial charge in [-0.1, -0.05) is 26.0 Å². The Morgan fingerprint density at radius 2 is 1.49 bits per heavy atom. The maximum atomic E-state index is 12.9. The lowest BCUT2D eigenvalue weighted by atomic mass is 10.0. The minimum Gasteiger partial charge on any atom is -0.445 e. The van der Waals surface area contributed by atoms with Crippen LogP contribution in [-0.2, 0) is 40.0 Å². The number of nitrogens with two attached hydrogens (primary N) is 1.